The molecule has 1 fully saturated rings. The summed E-state index contributed by atoms with van der Waals surface area (Å²) in [7, 11) is 0. The molecule has 1 aromatic carbocycles. The lowest BCUT2D eigenvalue weighted by Crippen LogP contribution is -2.35. The van der Waals surface area contributed by atoms with Crippen molar-refractivity contribution in [2.24, 2.45) is 5.84 Å². The molecule has 0 aliphatic heterocycles. The smallest absolute Gasteiger partial charge is 0.270 e. The minimum Gasteiger partial charge on any atom is -0.383 e. The highest BCUT2D eigenvalue weighted by Gasteiger charge is 2.23. The van der Waals surface area contributed by atoms with Gasteiger partial charge in [0.15, 0.2) is 0 Å². The van der Waals surface area contributed by atoms with E-state index in [1.54, 1.807) is 17.5 Å². The molecule has 7 nitrogen and oxygen atoms in total. The Morgan fingerprint density at radius 2 is 2.10 bits per heavy atom. The number of nitrogens with one attached hydrogen (secondary N) is 3. The number of rotatable bonds is 8. The topological polar surface area (TPSA) is 96.5 Å². The zero-order valence-electron chi connectivity index (χ0n) is 17.0. The molecule has 0 saturated heterocycles. The Morgan fingerprint density at radius 1 is 1.19 bits per heavy atom. The summed E-state index contributed by atoms with van der Waals surface area (Å²) in [6.07, 6.45) is 8.31. The molecule has 5 rings (SSSR count). The Balaban J connectivity index is 1.18. The third-order valence-corrected chi connectivity index (χ3v) is 6.37. The van der Waals surface area contributed by atoms with Gasteiger partial charge in [0.25, 0.3) is 5.91 Å². The number of carbonyl (C=O) groups excluding carboxylic acids is 1. The van der Waals surface area contributed by atoms with E-state index in [0.29, 0.717) is 19.0 Å². The molecule has 8 heteroatoms. The molecular weight excluding hydrogens is 408 g/mol. The zero-order chi connectivity index (χ0) is 21.2. The van der Waals surface area contributed by atoms with Gasteiger partial charge in [-0.05, 0) is 64.9 Å². The lowest BCUT2D eigenvalue weighted by molar-refractivity contribution is -0.118. The molecular formula is C23H24N6OS. The van der Waals surface area contributed by atoms with Crippen LogP contribution in [0.1, 0.15) is 35.6 Å². The molecule has 1 amide bonds. The molecule has 0 unspecified atom stereocenters. The van der Waals surface area contributed by atoms with Gasteiger partial charge in [0, 0.05) is 29.8 Å². The van der Waals surface area contributed by atoms with Crippen molar-refractivity contribution in [2.45, 2.75) is 31.8 Å². The van der Waals surface area contributed by atoms with E-state index < -0.39 is 0 Å². The van der Waals surface area contributed by atoms with Crippen molar-refractivity contribution in [3.8, 4) is 0 Å². The fourth-order valence-electron chi connectivity index (χ4n) is 3.64. The maximum atomic E-state index is 12.5. The van der Waals surface area contributed by atoms with Crippen molar-refractivity contribution in [2.75, 3.05) is 0 Å². The van der Waals surface area contributed by atoms with E-state index in [4.69, 9.17) is 5.84 Å². The number of carbonyl (C=O) groups is 1. The molecule has 1 aliphatic rings. The van der Waals surface area contributed by atoms with Crippen LogP contribution in [0.25, 0.3) is 15.7 Å². The lowest BCUT2D eigenvalue weighted by Gasteiger charge is -2.09. The van der Waals surface area contributed by atoms with Crippen molar-refractivity contribution in [3.05, 3.63) is 82.9 Å². The van der Waals surface area contributed by atoms with Crippen LogP contribution in [-0.2, 0) is 17.9 Å². The Kier molecular flexibility index (Phi) is 5.31. The molecule has 1 aliphatic carbocycles. The quantitative estimate of drug-likeness (QED) is 0.195. The first-order chi connectivity index (χ1) is 15.2. The minimum absolute atomic E-state index is 0.261. The normalized spacial score (nSPS) is 14.2. The highest BCUT2D eigenvalue weighted by Crippen LogP contribution is 2.39. The first kappa shape index (κ1) is 19.6. The summed E-state index contributed by atoms with van der Waals surface area (Å²) in [6.45, 7) is 0.924. The second kappa shape index (κ2) is 8.41. The van der Waals surface area contributed by atoms with Gasteiger partial charge in [-0.25, -0.2) is 4.98 Å². The van der Waals surface area contributed by atoms with Crippen molar-refractivity contribution >= 4 is 33.0 Å². The molecule has 3 aromatic heterocycles. The zero-order valence-corrected chi connectivity index (χ0v) is 17.8. The van der Waals surface area contributed by atoms with Gasteiger partial charge >= 0.3 is 0 Å². The standard InChI is InChI=1S/C23H24N6OS/c24-28-20(23(30)26-10-15-1-5-21-17(9-15)7-8-31-21)12-25-11-19-14-29-13-18(16-2-3-16)4-6-22(29)27-19/h1,4-9,12-14,16,25,28H,2-3,10-11,24H2,(H,26,30)/b20-12-. The minimum atomic E-state index is -0.274. The molecule has 5 N–H and O–H groups in total. The molecule has 4 aromatic rings. The number of hydrazine groups is 1. The van der Waals surface area contributed by atoms with Gasteiger partial charge in [-0.15, -0.1) is 11.3 Å². The monoisotopic (exact) mass is 432 g/mol. The maximum absolute atomic E-state index is 12.5. The van der Waals surface area contributed by atoms with Crippen molar-refractivity contribution in [3.63, 3.8) is 0 Å². The SMILES string of the molecule is NN/C(=C\NCc1cn2cc(C3CC3)ccc2n1)C(=O)NCc1ccc2sccc2c1. The number of aromatic nitrogens is 2. The average Bonchev–Trinajstić information content (AvgIpc) is 3.39. The third kappa shape index (κ3) is 4.40. The first-order valence-electron chi connectivity index (χ1n) is 10.3. The molecule has 0 bridgehead atoms. The maximum Gasteiger partial charge on any atom is 0.270 e. The van der Waals surface area contributed by atoms with Crippen LogP contribution in [0, 0.1) is 0 Å². The Labute approximate surface area is 183 Å². The van der Waals surface area contributed by atoms with Gasteiger partial charge in [-0.3, -0.25) is 10.6 Å². The molecule has 0 radical (unpaired) electrons. The first-order valence-corrected chi connectivity index (χ1v) is 11.2. The molecule has 31 heavy (non-hydrogen) atoms. The van der Waals surface area contributed by atoms with Gasteiger partial charge in [0.2, 0.25) is 0 Å². The van der Waals surface area contributed by atoms with E-state index in [9.17, 15) is 4.79 Å². The number of thiophene rings is 1. The van der Waals surface area contributed by atoms with Gasteiger partial charge in [-0.1, -0.05) is 12.1 Å². The number of nitrogens with zero attached hydrogens (tertiary/aromatic N) is 2. The van der Waals surface area contributed by atoms with Crippen LogP contribution >= 0.6 is 11.3 Å². The summed E-state index contributed by atoms with van der Waals surface area (Å²) in [5.41, 5.74) is 6.95. The van der Waals surface area contributed by atoms with Crippen molar-refractivity contribution in [1.29, 1.82) is 0 Å². The van der Waals surface area contributed by atoms with Gasteiger partial charge in [-0.2, -0.15) is 0 Å². The number of nitrogens with two attached hydrogens (primary N) is 1. The fourth-order valence-corrected chi connectivity index (χ4v) is 4.41. The van der Waals surface area contributed by atoms with E-state index in [1.807, 2.05) is 12.3 Å². The second-order valence-electron chi connectivity index (χ2n) is 7.79. The van der Waals surface area contributed by atoms with E-state index in [1.165, 1.54) is 28.5 Å². The number of fused-ring (bicyclic) bond motifs is 2. The number of pyridine rings is 1. The summed E-state index contributed by atoms with van der Waals surface area (Å²) in [5.74, 6) is 5.99. The van der Waals surface area contributed by atoms with E-state index >= 15 is 0 Å². The lowest BCUT2D eigenvalue weighted by atomic mass is 10.1. The largest absolute Gasteiger partial charge is 0.383 e. The highest BCUT2D eigenvalue weighted by atomic mass is 32.1. The number of imidazole rings is 1. The summed E-state index contributed by atoms with van der Waals surface area (Å²) >= 11 is 1.70. The summed E-state index contributed by atoms with van der Waals surface area (Å²) in [5, 5.41) is 9.26. The third-order valence-electron chi connectivity index (χ3n) is 5.47. The number of hydrogen-bond donors (Lipinski definition) is 4. The van der Waals surface area contributed by atoms with Crippen molar-refractivity contribution in [1.82, 2.24) is 25.4 Å². The van der Waals surface area contributed by atoms with Gasteiger partial charge in [0.1, 0.15) is 11.3 Å². The molecule has 0 atom stereocenters. The van der Waals surface area contributed by atoms with Crippen LogP contribution < -0.4 is 21.9 Å². The number of hydrogen-bond acceptors (Lipinski definition) is 6. The Morgan fingerprint density at radius 3 is 2.94 bits per heavy atom. The second-order valence-corrected chi connectivity index (χ2v) is 8.74. The van der Waals surface area contributed by atoms with Crippen LogP contribution in [0.2, 0.25) is 0 Å². The van der Waals surface area contributed by atoms with E-state index in [0.717, 1.165) is 16.9 Å². The molecule has 3 heterocycles. The van der Waals surface area contributed by atoms with Crippen LogP contribution in [0.3, 0.4) is 0 Å². The fraction of sp³-hybridized carbons (Fsp3) is 0.217. The van der Waals surface area contributed by atoms with Crippen LogP contribution in [0.4, 0.5) is 0 Å². The van der Waals surface area contributed by atoms with Gasteiger partial charge in [0.05, 0.1) is 12.2 Å². The van der Waals surface area contributed by atoms with Crippen LogP contribution in [0.15, 0.2) is 66.1 Å². The van der Waals surface area contributed by atoms with E-state index in [-0.39, 0.29) is 11.6 Å². The van der Waals surface area contributed by atoms with Crippen LogP contribution in [0.5, 0.6) is 0 Å². The van der Waals surface area contributed by atoms with E-state index in [2.05, 4.69) is 67.4 Å². The number of benzene rings is 1. The molecule has 1 saturated carbocycles. The summed E-state index contributed by atoms with van der Waals surface area (Å²) in [6, 6.07) is 12.5. The summed E-state index contributed by atoms with van der Waals surface area (Å²) < 4.78 is 3.30. The Bertz CT molecular complexity index is 1270. The predicted octanol–water partition coefficient (Wildman–Crippen LogP) is 3.14. The molecule has 0 spiro atoms. The predicted molar refractivity (Wildman–Crippen MR) is 123 cm³/mol. The molecule has 158 valence electrons. The van der Waals surface area contributed by atoms with Gasteiger partial charge < -0.3 is 20.5 Å². The average molecular weight is 433 g/mol. The Hall–Kier alpha value is -3.36. The van der Waals surface area contributed by atoms with Crippen LogP contribution in [-0.4, -0.2) is 15.3 Å². The summed E-state index contributed by atoms with van der Waals surface area (Å²) in [4.78, 5) is 17.1. The van der Waals surface area contributed by atoms with Crippen molar-refractivity contribution < 1.29 is 4.79 Å². The number of amides is 1. The highest BCUT2D eigenvalue weighted by molar-refractivity contribution is 7.17.